The standard InChI is InChI=1S/C28H29Cl4N3O4S/c1-18(27(37)33-28(2,3)4)34(16-19-13-14-21(29)23(31)15-19)25(36)17-35(24-12-8-11-22(30)26(24)32)40(38,39)20-9-6-5-7-10-20/h5-15,18H,16-17H2,1-4H3,(H,33,37)/t18-/m1/s1. The molecule has 12 heteroatoms. The largest absolute Gasteiger partial charge is 0.350 e. The summed E-state index contributed by atoms with van der Waals surface area (Å²) in [6, 6.07) is 16.0. The zero-order valence-corrected chi connectivity index (χ0v) is 26.1. The summed E-state index contributed by atoms with van der Waals surface area (Å²) in [4.78, 5) is 28.4. The number of hydrogen-bond acceptors (Lipinski definition) is 4. The molecule has 0 radical (unpaired) electrons. The molecule has 2 amide bonds. The van der Waals surface area contributed by atoms with Crippen LogP contribution in [0.5, 0.6) is 0 Å². The fourth-order valence-electron chi connectivity index (χ4n) is 3.81. The molecular formula is C28H29Cl4N3O4S. The summed E-state index contributed by atoms with van der Waals surface area (Å²) >= 11 is 24.9. The molecule has 0 saturated carbocycles. The van der Waals surface area contributed by atoms with Crippen molar-refractivity contribution in [2.45, 2.75) is 50.7 Å². The van der Waals surface area contributed by atoms with Gasteiger partial charge in [-0.05, 0) is 69.7 Å². The third-order valence-electron chi connectivity index (χ3n) is 5.81. The molecule has 0 heterocycles. The van der Waals surface area contributed by atoms with Gasteiger partial charge in [-0.25, -0.2) is 8.42 Å². The lowest BCUT2D eigenvalue weighted by molar-refractivity contribution is -0.140. The molecule has 0 bridgehead atoms. The Morgan fingerprint density at radius 2 is 1.52 bits per heavy atom. The molecule has 3 rings (SSSR count). The molecular weight excluding hydrogens is 616 g/mol. The first-order valence-corrected chi connectivity index (χ1v) is 15.1. The highest BCUT2D eigenvalue weighted by molar-refractivity contribution is 7.92. The van der Waals surface area contributed by atoms with Crippen LogP contribution in [0.3, 0.4) is 0 Å². The van der Waals surface area contributed by atoms with Crippen LogP contribution in [0, 0.1) is 0 Å². The zero-order chi connectivity index (χ0) is 29.8. The van der Waals surface area contributed by atoms with E-state index in [-0.39, 0.29) is 32.2 Å². The second-order valence-electron chi connectivity index (χ2n) is 10.1. The van der Waals surface area contributed by atoms with Gasteiger partial charge in [0.15, 0.2) is 0 Å². The molecule has 0 aromatic heterocycles. The van der Waals surface area contributed by atoms with Crippen molar-refractivity contribution in [2.75, 3.05) is 10.8 Å². The average molecular weight is 645 g/mol. The Hall–Kier alpha value is -2.49. The highest BCUT2D eigenvalue weighted by Crippen LogP contribution is 2.35. The fourth-order valence-corrected chi connectivity index (χ4v) is 6.02. The number of hydrogen-bond donors (Lipinski definition) is 1. The number of anilines is 1. The molecule has 0 aliphatic heterocycles. The average Bonchev–Trinajstić information content (AvgIpc) is 2.88. The van der Waals surface area contributed by atoms with E-state index in [9.17, 15) is 18.0 Å². The molecule has 1 N–H and O–H groups in total. The first kappa shape index (κ1) is 32.0. The summed E-state index contributed by atoms with van der Waals surface area (Å²) in [6.07, 6.45) is 0. The van der Waals surface area contributed by atoms with E-state index in [1.54, 1.807) is 43.3 Å². The van der Waals surface area contributed by atoms with Gasteiger partial charge < -0.3 is 10.2 Å². The Bertz CT molecular complexity index is 1500. The van der Waals surface area contributed by atoms with Crippen LogP contribution in [0.2, 0.25) is 20.1 Å². The Morgan fingerprint density at radius 1 is 0.875 bits per heavy atom. The van der Waals surface area contributed by atoms with Crippen LogP contribution < -0.4 is 9.62 Å². The zero-order valence-electron chi connectivity index (χ0n) is 22.3. The lowest BCUT2D eigenvalue weighted by Crippen LogP contribution is -2.54. The molecule has 3 aromatic carbocycles. The highest BCUT2D eigenvalue weighted by atomic mass is 35.5. The van der Waals surface area contributed by atoms with Crippen LogP contribution >= 0.6 is 46.4 Å². The van der Waals surface area contributed by atoms with Crippen molar-refractivity contribution >= 4 is 73.9 Å². The van der Waals surface area contributed by atoms with E-state index in [1.807, 2.05) is 20.8 Å². The Morgan fingerprint density at radius 3 is 2.12 bits per heavy atom. The summed E-state index contributed by atoms with van der Waals surface area (Å²) in [7, 11) is -4.28. The highest BCUT2D eigenvalue weighted by Gasteiger charge is 2.34. The first-order chi connectivity index (χ1) is 18.6. The lowest BCUT2D eigenvalue weighted by atomic mass is 10.1. The van der Waals surface area contributed by atoms with E-state index >= 15 is 0 Å². The predicted octanol–water partition coefficient (Wildman–Crippen LogP) is 6.83. The number of sulfonamides is 1. The number of carbonyl (C=O) groups is 2. The summed E-state index contributed by atoms with van der Waals surface area (Å²) < 4.78 is 28.6. The second-order valence-corrected chi connectivity index (χ2v) is 13.5. The topological polar surface area (TPSA) is 86.8 Å². The minimum atomic E-state index is -4.28. The van der Waals surface area contributed by atoms with Gasteiger partial charge in [-0.15, -0.1) is 0 Å². The first-order valence-electron chi connectivity index (χ1n) is 12.2. The molecule has 1 atom stereocenters. The van der Waals surface area contributed by atoms with Crippen molar-refractivity contribution in [1.29, 1.82) is 0 Å². The summed E-state index contributed by atoms with van der Waals surface area (Å²) in [5, 5.41) is 3.55. The molecule has 3 aromatic rings. The normalized spacial score (nSPS) is 12.5. The van der Waals surface area contributed by atoms with Gasteiger partial charge in [-0.3, -0.25) is 13.9 Å². The van der Waals surface area contributed by atoms with Crippen molar-refractivity contribution < 1.29 is 18.0 Å². The van der Waals surface area contributed by atoms with E-state index in [0.717, 1.165) is 4.31 Å². The van der Waals surface area contributed by atoms with Gasteiger partial charge in [-0.2, -0.15) is 0 Å². The molecule has 214 valence electrons. The van der Waals surface area contributed by atoms with Gasteiger partial charge in [-0.1, -0.05) is 76.7 Å². The van der Waals surface area contributed by atoms with Crippen LogP contribution in [0.15, 0.2) is 71.6 Å². The SMILES string of the molecule is C[C@H](C(=O)NC(C)(C)C)N(Cc1ccc(Cl)c(Cl)c1)C(=O)CN(c1cccc(Cl)c1Cl)S(=O)(=O)c1ccccc1. The predicted molar refractivity (Wildman–Crippen MR) is 162 cm³/mol. The number of carbonyl (C=O) groups excluding carboxylic acids is 2. The third kappa shape index (κ3) is 7.83. The summed E-state index contributed by atoms with van der Waals surface area (Å²) in [5.74, 6) is -1.07. The lowest BCUT2D eigenvalue weighted by Gasteiger charge is -2.33. The minimum Gasteiger partial charge on any atom is -0.350 e. The summed E-state index contributed by atoms with van der Waals surface area (Å²) in [5.41, 5.74) is 0.0461. The monoisotopic (exact) mass is 643 g/mol. The van der Waals surface area contributed by atoms with Crippen molar-refractivity contribution in [1.82, 2.24) is 10.2 Å². The van der Waals surface area contributed by atoms with Crippen LogP contribution in [-0.4, -0.2) is 43.3 Å². The molecule has 40 heavy (non-hydrogen) atoms. The van der Waals surface area contributed by atoms with Crippen LogP contribution in [0.1, 0.15) is 33.3 Å². The maximum atomic E-state index is 14.0. The molecule has 7 nitrogen and oxygen atoms in total. The fraction of sp³-hybridized carbons (Fsp3) is 0.286. The van der Waals surface area contributed by atoms with Gasteiger partial charge in [0.25, 0.3) is 10.0 Å². The maximum absolute atomic E-state index is 14.0. The quantitative estimate of drug-likeness (QED) is 0.277. The van der Waals surface area contributed by atoms with Crippen molar-refractivity contribution in [3.05, 3.63) is 92.4 Å². The van der Waals surface area contributed by atoms with Gasteiger partial charge in [0.2, 0.25) is 11.8 Å². The van der Waals surface area contributed by atoms with Crippen LogP contribution in [-0.2, 0) is 26.2 Å². The summed E-state index contributed by atoms with van der Waals surface area (Å²) in [6.45, 7) is 6.32. The minimum absolute atomic E-state index is 0.0210. The number of nitrogens with zero attached hydrogens (tertiary/aromatic N) is 2. The molecule has 0 aliphatic rings. The van der Waals surface area contributed by atoms with Gasteiger partial charge in [0.05, 0.1) is 30.7 Å². The molecule has 0 fully saturated rings. The number of nitrogens with one attached hydrogen (secondary N) is 1. The number of amides is 2. The van der Waals surface area contributed by atoms with E-state index in [2.05, 4.69) is 5.32 Å². The number of rotatable bonds is 9. The van der Waals surface area contributed by atoms with E-state index in [0.29, 0.717) is 10.6 Å². The second kappa shape index (κ2) is 13.0. The number of benzene rings is 3. The van der Waals surface area contributed by atoms with E-state index in [4.69, 9.17) is 46.4 Å². The van der Waals surface area contributed by atoms with Crippen molar-refractivity contribution in [3.63, 3.8) is 0 Å². The van der Waals surface area contributed by atoms with Gasteiger partial charge in [0, 0.05) is 12.1 Å². The Kier molecular flexibility index (Phi) is 10.4. The van der Waals surface area contributed by atoms with Crippen LogP contribution in [0.25, 0.3) is 0 Å². The van der Waals surface area contributed by atoms with Crippen molar-refractivity contribution in [3.8, 4) is 0 Å². The molecule has 0 aliphatic carbocycles. The maximum Gasteiger partial charge on any atom is 0.264 e. The Labute approximate surface area is 255 Å². The van der Waals surface area contributed by atoms with Gasteiger partial charge in [0.1, 0.15) is 12.6 Å². The van der Waals surface area contributed by atoms with E-state index in [1.165, 1.54) is 35.2 Å². The molecule has 0 saturated heterocycles. The third-order valence-corrected chi connectivity index (χ3v) is 9.13. The number of halogens is 4. The smallest absolute Gasteiger partial charge is 0.264 e. The van der Waals surface area contributed by atoms with Crippen LogP contribution in [0.4, 0.5) is 5.69 Å². The van der Waals surface area contributed by atoms with Gasteiger partial charge >= 0.3 is 0 Å². The van der Waals surface area contributed by atoms with E-state index < -0.39 is 40.0 Å². The molecule has 0 unspecified atom stereocenters. The Balaban J connectivity index is 2.08. The molecule has 0 spiro atoms. The van der Waals surface area contributed by atoms with Crippen molar-refractivity contribution in [2.24, 2.45) is 0 Å².